The van der Waals surface area contributed by atoms with Gasteiger partial charge in [-0.2, -0.15) is 4.37 Å². The summed E-state index contributed by atoms with van der Waals surface area (Å²) in [7, 11) is 0. The number of aliphatic hydroxyl groups excluding tert-OH is 1. The van der Waals surface area contributed by atoms with Crippen molar-refractivity contribution in [3.8, 4) is 0 Å². The summed E-state index contributed by atoms with van der Waals surface area (Å²) in [4.78, 5) is 21.2. The first-order valence-corrected chi connectivity index (χ1v) is 8.65. The van der Waals surface area contributed by atoms with E-state index in [4.69, 9.17) is 9.94 Å². The van der Waals surface area contributed by atoms with Crippen molar-refractivity contribution in [3.05, 3.63) is 46.6 Å². The van der Waals surface area contributed by atoms with Crippen LogP contribution in [0.15, 0.2) is 35.1 Å². The maximum atomic E-state index is 14.2. The number of hydrogen-bond acceptors (Lipinski definition) is 7. The van der Waals surface area contributed by atoms with Gasteiger partial charge >= 0.3 is 0 Å². The predicted octanol–water partition coefficient (Wildman–Crippen LogP) is 2.99. The van der Waals surface area contributed by atoms with Gasteiger partial charge in [0.15, 0.2) is 5.69 Å². The number of aromatic nitrogens is 2. The highest BCUT2D eigenvalue weighted by Crippen LogP contribution is 2.32. The van der Waals surface area contributed by atoms with Crippen LogP contribution in [0.2, 0.25) is 0 Å². The Kier molecular flexibility index (Phi) is 5.53. The SMILES string of the molecule is O=C(NOCCO)c1ncc2sncc2c1Nc1ccc(Br)cc1F. The molecule has 7 nitrogen and oxygen atoms in total. The predicted molar refractivity (Wildman–Crippen MR) is 95.3 cm³/mol. The van der Waals surface area contributed by atoms with Gasteiger partial charge in [0.25, 0.3) is 5.91 Å². The van der Waals surface area contributed by atoms with Crippen LogP contribution in [0.4, 0.5) is 15.8 Å². The quantitative estimate of drug-likeness (QED) is 0.414. The average Bonchev–Trinajstić information content (AvgIpc) is 3.06. The number of pyridine rings is 1. The maximum absolute atomic E-state index is 14.2. The zero-order valence-corrected chi connectivity index (χ0v) is 15.0. The summed E-state index contributed by atoms with van der Waals surface area (Å²) < 4.78 is 19.6. The number of anilines is 2. The zero-order chi connectivity index (χ0) is 17.8. The van der Waals surface area contributed by atoms with Crippen LogP contribution in [-0.4, -0.2) is 33.6 Å². The molecule has 0 spiro atoms. The molecule has 2 heterocycles. The van der Waals surface area contributed by atoms with Gasteiger partial charge in [-0.05, 0) is 29.7 Å². The third-order valence-electron chi connectivity index (χ3n) is 3.18. The molecule has 0 atom stereocenters. The summed E-state index contributed by atoms with van der Waals surface area (Å²) in [6.07, 6.45) is 3.09. The van der Waals surface area contributed by atoms with E-state index in [2.05, 4.69) is 36.1 Å². The number of hydroxylamine groups is 1. The Hall–Kier alpha value is -2.14. The van der Waals surface area contributed by atoms with E-state index in [9.17, 15) is 9.18 Å². The van der Waals surface area contributed by atoms with Crippen LogP contribution in [-0.2, 0) is 4.84 Å². The smallest absolute Gasteiger partial charge is 0.295 e. The number of aliphatic hydroxyl groups is 1. The van der Waals surface area contributed by atoms with Gasteiger partial charge in [0.1, 0.15) is 5.82 Å². The van der Waals surface area contributed by atoms with Crippen LogP contribution in [0.5, 0.6) is 0 Å². The summed E-state index contributed by atoms with van der Waals surface area (Å²) in [6.45, 7) is -0.297. The Balaban J connectivity index is 2.00. The molecule has 1 aromatic carbocycles. The fourth-order valence-electron chi connectivity index (χ4n) is 2.08. The summed E-state index contributed by atoms with van der Waals surface area (Å²) in [6, 6.07) is 4.53. The zero-order valence-electron chi connectivity index (χ0n) is 12.6. The van der Waals surface area contributed by atoms with Gasteiger partial charge in [0.2, 0.25) is 0 Å². The monoisotopic (exact) mass is 426 g/mol. The van der Waals surface area contributed by atoms with Crippen molar-refractivity contribution in [1.82, 2.24) is 14.8 Å². The standard InChI is InChI=1S/C15H12BrFN4O3S/c16-8-1-2-11(10(17)5-8)20-13-9-6-19-25-12(9)7-18-14(13)15(23)21-24-4-3-22/h1-2,5-7,20,22H,3-4H2,(H,21,23). The van der Waals surface area contributed by atoms with Crippen LogP contribution in [0.3, 0.4) is 0 Å². The number of fused-ring (bicyclic) bond motifs is 1. The third-order valence-corrected chi connectivity index (χ3v) is 4.41. The van der Waals surface area contributed by atoms with Crippen molar-refractivity contribution < 1.29 is 19.1 Å². The largest absolute Gasteiger partial charge is 0.394 e. The Morgan fingerprint density at radius 1 is 1.40 bits per heavy atom. The van der Waals surface area contributed by atoms with Crippen molar-refractivity contribution in [2.24, 2.45) is 0 Å². The Bertz CT molecular complexity index is 921. The van der Waals surface area contributed by atoms with E-state index in [0.717, 1.165) is 4.70 Å². The number of rotatable bonds is 6. The number of carbonyl (C=O) groups is 1. The van der Waals surface area contributed by atoms with Crippen LogP contribution < -0.4 is 10.8 Å². The second-order valence-electron chi connectivity index (χ2n) is 4.84. The molecule has 0 fully saturated rings. The Morgan fingerprint density at radius 3 is 3.00 bits per heavy atom. The lowest BCUT2D eigenvalue weighted by Crippen LogP contribution is -2.26. The topological polar surface area (TPSA) is 96.4 Å². The minimum absolute atomic E-state index is 0.0213. The van der Waals surface area contributed by atoms with Gasteiger partial charge in [-0.1, -0.05) is 15.9 Å². The van der Waals surface area contributed by atoms with E-state index >= 15 is 0 Å². The molecule has 0 radical (unpaired) electrons. The highest BCUT2D eigenvalue weighted by molar-refractivity contribution is 9.10. The first kappa shape index (κ1) is 17.7. The van der Waals surface area contributed by atoms with Crippen LogP contribution >= 0.6 is 27.5 Å². The van der Waals surface area contributed by atoms with Crippen molar-refractivity contribution in [2.45, 2.75) is 0 Å². The molecular formula is C15H12BrFN4O3S. The molecule has 0 bridgehead atoms. The molecule has 1 amide bonds. The highest BCUT2D eigenvalue weighted by atomic mass is 79.9. The summed E-state index contributed by atoms with van der Waals surface area (Å²) in [5.74, 6) is -1.11. The molecule has 130 valence electrons. The van der Waals surface area contributed by atoms with Crippen molar-refractivity contribution in [1.29, 1.82) is 0 Å². The lowest BCUT2D eigenvalue weighted by molar-refractivity contribution is 0.0165. The first-order valence-electron chi connectivity index (χ1n) is 7.08. The van der Waals surface area contributed by atoms with Gasteiger partial charge in [-0.3, -0.25) is 9.63 Å². The van der Waals surface area contributed by atoms with E-state index < -0.39 is 11.7 Å². The van der Waals surface area contributed by atoms with E-state index in [1.165, 1.54) is 23.8 Å². The molecule has 3 N–H and O–H groups in total. The second-order valence-corrected chi connectivity index (χ2v) is 6.59. The number of halogens is 2. The molecule has 0 aliphatic heterocycles. The van der Waals surface area contributed by atoms with Gasteiger partial charge in [-0.15, -0.1) is 0 Å². The van der Waals surface area contributed by atoms with Crippen molar-refractivity contribution in [2.75, 3.05) is 18.5 Å². The number of amides is 1. The molecule has 10 heteroatoms. The fraction of sp³-hybridized carbons (Fsp3) is 0.133. The molecule has 0 unspecified atom stereocenters. The fourth-order valence-corrected chi connectivity index (χ4v) is 3.04. The van der Waals surface area contributed by atoms with E-state index in [1.807, 2.05) is 0 Å². The normalized spacial score (nSPS) is 10.8. The number of nitrogens with zero attached hydrogens (tertiary/aromatic N) is 2. The number of nitrogens with one attached hydrogen (secondary N) is 2. The Labute approximate surface area is 154 Å². The number of benzene rings is 1. The highest BCUT2D eigenvalue weighted by Gasteiger charge is 2.19. The van der Waals surface area contributed by atoms with Crippen molar-refractivity contribution >= 4 is 54.8 Å². The van der Waals surface area contributed by atoms with E-state index in [0.29, 0.717) is 15.5 Å². The van der Waals surface area contributed by atoms with Crippen LogP contribution in [0.25, 0.3) is 10.1 Å². The molecule has 2 aromatic heterocycles. The van der Waals surface area contributed by atoms with Gasteiger partial charge in [0, 0.05) is 16.1 Å². The van der Waals surface area contributed by atoms with Gasteiger partial charge in [-0.25, -0.2) is 14.9 Å². The molecule has 25 heavy (non-hydrogen) atoms. The Morgan fingerprint density at radius 2 is 2.24 bits per heavy atom. The molecule has 3 rings (SSSR count). The molecule has 0 aliphatic carbocycles. The molecule has 0 aliphatic rings. The molecule has 3 aromatic rings. The summed E-state index contributed by atoms with van der Waals surface area (Å²) >= 11 is 4.41. The number of carbonyl (C=O) groups excluding carboxylic acids is 1. The van der Waals surface area contributed by atoms with Gasteiger partial charge < -0.3 is 10.4 Å². The molecule has 0 saturated carbocycles. The second kappa shape index (κ2) is 7.83. The third kappa shape index (κ3) is 3.93. The van der Waals surface area contributed by atoms with E-state index in [-0.39, 0.29) is 24.6 Å². The van der Waals surface area contributed by atoms with E-state index in [1.54, 1.807) is 18.3 Å². The molecule has 0 saturated heterocycles. The first-order chi connectivity index (χ1) is 12.1. The van der Waals surface area contributed by atoms with Gasteiger partial charge in [0.05, 0.1) is 35.5 Å². The lowest BCUT2D eigenvalue weighted by Gasteiger charge is -2.13. The van der Waals surface area contributed by atoms with Crippen LogP contribution in [0, 0.1) is 5.82 Å². The summed E-state index contributed by atoms with van der Waals surface area (Å²) in [5.41, 5.74) is 2.71. The number of hydrogen-bond donors (Lipinski definition) is 3. The minimum Gasteiger partial charge on any atom is -0.394 e. The maximum Gasteiger partial charge on any atom is 0.295 e. The van der Waals surface area contributed by atoms with Crippen LogP contribution in [0.1, 0.15) is 10.5 Å². The minimum atomic E-state index is -0.624. The lowest BCUT2D eigenvalue weighted by atomic mass is 10.2. The van der Waals surface area contributed by atoms with Crippen molar-refractivity contribution in [3.63, 3.8) is 0 Å². The summed E-state index contributed by atoms with van der Waals surface area (Å²) in [5, 5.41) is 12.3. The molecular weight excluding hydrogens is 415 g/mol. The average molecular weight is 427 g/mol.